The Morgan fingerprint density at radius 2 is 2.17 bits per heavy atom. The van der Waals surface area contributed by atoms with Crippen LogP contribution in [-0.2, 0) is 14.3 Å². The molecular weight excluding hydrogens is 232 g/mol. The molecule has 1 rings (SSSR count). The summed E-state index contributed by atoms with van der Waals surface area (Å²) in [5, 5.41) is 2.92. The fourth-order valence-electron chi connectivity index (χ4n) is 2.14. The topological polar surface area (TPSA) is 58.6 Å². The third-order valence-corrected chi connectivity index (χ3v) is 2.97. The lowest BCUT2D eigenvalue weighted by atomic mass is 10.0. The molecule has 104 valence electrons. The number of hydrogen-bond donors (Lipinski definition) is 1. The fourth-order valence-corrected chi connectivity index (χ4v) is 2.14. The molecule has 5 nitrogen and oxygen atoms in total. The highest BCUT2D eigenvalue weighted by Gasteiger charge is 2.37. The second-order valence-corrected chi connectivity index (χ2v) is 5.99. The van der Waals surface area contributed by atoms with E-state index in [1.807, 2.05) is 27.7 Å². The number of ether oxygens (including phenoxy) is 1. The number of likely N-dealkylation sites (tertiary alicyclic amines) is 1. The second-order valence-electron chi connectivity index (χ2n) is 5.99. The van der Waals surface area contributed by atoms with Gasteiger partial charge in [-0.3, -0.25) is 9.59 Å². The summed E-state index contributed by atoms with van der Waals surface area (Å²) >= 11 is 0. The molecule has 0 unspecified atom stereocenters. The van der Waals surface area contributed by atoms with Crippen molar-refractivity contribution in [2.45, 2.75) is 45.7 Å². The molecule has 0 aromatic rings. The van der Waals surface area contributed by atoms with E-state index < -0.39 is 0 Å². The van der Waals surface area contributed by atoms with E-state index in [1.54, 1.807) is 12.0 Å². The van der Waals surface area contributed by atoms with Gasteiger partial charge in [-0.15, -0.1) is 0 Å². The first-order valence-electron chi connectivity index (χ1n) is 6.35. The van der Waals surface area contributed by atoms with E-state index in [0.717, 1.165) is 0 Å². The Bertz CT molecular complexity index is 323. The lowest BCUT2D eigenvalue weighted by Gasteiger charge is -2.25. The van der Waals surface area contributed by atoms with Crippen LogP contribution in [0.4, 0.5) is 0 Å². The lowest BCUT2D eigenvalue weighted by molar-refractivity contribution is -0.131. The minimum atomic E-state index is -0.258. The molecule has 0 spiro atoms. The van der Waals surface area contributed by atoms with Gasteiger partial charge in [0.05, 0.1) is 18.6 Å². The van der Waals surface area contributed by atoms with Crippen molar-refractivity contribution in [3.05, 3.63) is 0 Å². The predicted molar refractivity (Wildman–Crippen MR) is 69.1 cm³/mol. The van der Waals surface area contributed by atoms with E-state index in [2.05, 4.69) is 5.32 Å². The maximum atomic E-state index is 12.0. The summed E-state index contributed by atoms with van der Waals surface area (Å²) in [6, 6.07) is 0.0231. The third-order valence-electron chi connectivity index (χ3n) is 2.97. The van der Waals surface area contributed by atoms with Crippen LogP contribution >= 0.6 is 0 Å². The molecule has 1 fully saturated rings. The monoisotopic (exact) mass is 256 g/mol. The van der Waals surface area contributed by atoms with Crippen molar-refractivity contribution >= 4 is 11.8 Å². The van der Waals surface area contributed by atoms with Crippen LogP contribution in [0.15, 0.2) is 0 Å². The van der Waals surface area contributed by atoms with Gasteiger partial charge in [-0.25, -0.2) is 0 Å². The van der Waals surface area contributed by atoms with Crippen LogP contribution in [0.3, 0.4) is 0 Å². The van der Waals surface area contributed by atoms with Crippen molar-refractivity contribution in [2.24, 2.45) is 5.92 Å². The van der Waals surface area contributed by atoms with Gasteiger partial charge in [0.25, 0.3) is 0 Å². The van der Waals surface area contributed by atoms with Crippen molar-refractivity contribution in [2.75, 3.05) is 20.3 Å². The highest BCUT2D eigenvalue weighted by Crippen LogP contribution is 2.21. The largest absolute Gasteiger partial charge is 0.383 e. The Kier molecular flexibility index (Phi) is 4.73. The number of methoxy groups -OCH3 is 1. The number of carbonyl (C=O) groups is 2. The zero-order valence-electron chi connectivity index (χ0n) is 11.9. The Labute approximate surface area is 109 Å². The smallest absolute Gasteiger partial charge is 0.225 e. The molecule has 0 saturated carbocycles. The summed E-state index contributed by atoms with van der Waals surface area (Å²) in [5.74, 6) is -0.243. The Hall–Kier alpha value is -1.10. The molecule has 0 radical (unpaired) electrons. The van der Waals surface area contributed by atoms with Gasteiger partial charge in [-0.05, 0) is 27.7 Å². The summed E-state index contributed by atoms with van der Waals surface area (Å²) in [6.07, 6.45) is 0.302. The summed E-state index contributed by atoms with van der Waals surface area (Å²) in [4.78, 5) is 25.6. The van der Waals surface area contributed by atoms with Gasteiger partial charge in [0.1, 0.15) is 0 Å². The van der Waals surface area contributed by atoms with Gasteiger partial charge < -0.3 is 15.0 Å². The van der Waals surface area contributed by atoms with Crippen LogP contribution in [0.2, 0.25) is 0 Å². The molecule has 0 aromatic carbocycles. The molecule has 0 aliphatic carbocycles. The summed E-state index contributed by atoms with van der Waals surface area (Å²) in [5.41, 5.74) is -0.258. The zero-order valence-corrected chi connectivity index (χ0v) is 11.9. The average Bonchev–Trinajstić information content (AvgIpc) is 2.58. The molecular formula is C13H24N2O3. The molecule has 0 bridgehead atoms. The van der Waals surface area contributed by atoms with Crippen molar-refractivity contribution in [3.63, 3.8) is 0 Å². The molecule has 1 aliphatic rings. The maximum absolute atomic E-state index is 12.0. The first-order chi connectivity index (χ1) is 8.24. The normalized spacial score (nSPS) is 22.2. The standard InChI is InChI=1S/C13H24N2O3/c1-9(8-18-5)15-7-10(6-11(15)16)12(17)14-13(2,3)4/h9-10H,6-8H2,1-5H3,(H,14,17)/t9-,10+/m0/s1. The van der Waals surface area contributed by atoms with Gasteiger partial charge in [0.15, 0.2) is 0 Å². The van der Waals surface area contributed by atoms with E-state index in [4.69, 9.17) is 4.74 Å². The van der Waals surface area contributed by atoms with Gasteiger partial charge in [0.2, 0.25) is 11.8 Å². The molecule has 18 heavy (non-hydrogen) atoms. The van der Waals surface area contributed by atoms with E-state index in [1.165, 1.54) is 0 Å². The summed E-state index contributed by atoms with van der Waals surface area (Å²) < 4.78 is 5.05. The molecule has 0 aromatic heterocycles. The van der Waals surface area contributed by atoms with Gasteiger partial charge in [-0.2, -0.15) is 0 Å². The summed E-state index contributed by atoms with van der Waals surface area (Å²) in [7, 11) is 1.61. The molecule has 5 heteroatoms. The molecule has 2 atom stereocenters. The van der Waals surface area contributed by atoms with E-state index in [-0.39, 0.29) is 29.3 Å². The first kappa shape index (κ1) is 15.0. The van der Waals surface area contributed by atoms with Crippen molar-refractivity contribution in [1.82, 2.24) is 10.2 Å². The molecule has 1 heterocycles. The van der Waals surface area contributed by atoms with Gasteiger partial charge in [0, 0.05) is 25.6 Å². The number of nitrogens with zero attached hydrogens (tertiary/aromatic N) is 1. The van der Waals surface area contributed by atoms with Crippen LogP contribution in [0.25, 0.3) is 0 Å². The predicted octanol–water partition coefficient (Wildman–Crippen LogP) is 0.785. The summed E-state index contributed by atoms with van der Waals surface area (Å²) in [6.45, 7) is 8.74. The molecule has 1 aliphatic heterocycles. The highest BCUT2D eigenvalue weighted by atomic mass is 16.5. The molecule has 2 amide bonds. The Morgan fingerprint density at radius 1 is 1.56 bits per heavy atom. The van der Waals surface area contributed by atoms with Crippen LogP contribution in [0.5, 0.6) is 0 Å². The number of rotatable bonds is 4. The third kappa shape index (κ3) is 3.98. The SMILES string of the molecule is COC[C@H](C)N1C[C@H](C(=O)NC(C)(C)C)CC1=O. The second kappa shape index (κ2) is 5.69. The van der Waals surface area contributed by atoms with Crippen molar-refractivity contribution in [1.29, 1.82) is 0 Å². The zero-order chi connectivity index (χ0) is 13.9. The Morgan fingerprint density at radius 3 is 2.67 bits per heavy atom. The average molecular weight is 256 g/mol. The van der Waals surface area contributed by atoms with Gasteiger partial charge >= 0.3 is 0 Å². The van der Waals surface area contributed by atoms with Gasteiger partial charge in [-0.1, -0.05) is 0 Å². The first-order valence-corrected chi connectivity index (χ1v) is 6.35. The molecule has 1 saturated heterocycles. The van der Waals surface area contributed by atoms with Crippen LogP contribution in [0, 0.1) is 5.92 Å². The highest BCUT2D eigenvalue weighted by molar-refractivity contribution is 5.89. The van der Waals surface area contributed by atoms with Crippen molar-refractivity contribution < 1.29 is 14.3 Å². The maximum Gasteiger partial charge on any atom is 0.225 e. The van der Waals surface area contributed by atoms with Crippen LogP contribution < -0.4 is 5.32 Å². The number of amides is 2. The van der Waals surface area contributed by atoms with E-state index in [9.17, 15) is 9.59 Å². The number of nitrogens with one attached hydrogen (secondary N) is 1. The van der Waals surface area contributed by atoms with E-state index >= 15 is 0 Å². The minimum Gasteiger partial charge on any atom is -0.383 e. The minimum absolute atomic E-state index is 0.0231. The van der Waals surface area contributed by atoms with Crippen molar-refractivity contribution in [3.8, 4) is 0 Å². The fraction of sp³-hybridized carbons (Fsp3) is 0.846. The number of hydrogen-bond acceptors (Lipinski definition) is 3. The van der Waals surface area contributed by atoms with E-state index in [0.29, 0.717) is 19.6 Å². The molecule has 1 N–H and O–H groups in total. The van der Waals surface area contributed by atoms with Crippen LogP contribution in [-0.4, -0.2) is 48.6 Å². The quantitative estimate of drug-likeness (QED) is 0.809. The lowest BCUT2D eigenvalue weighted by Crippen LogP contribution is -2.45. The Balaban J connectivity index is 2.58. The van der Waals surface area contributed by atoms with Crippen LogP contribution in [0.1, 0.15) is 34.1 Å². The number of carbonyl (C=O) groups excluding carboxylic acids is 2.